The summed E-state index contributed by atoms with van der Waals surface area (Å²) in [7, 11) is -3.19. The first-order valence-corrected chi connectivity index (χ1v) is 8.66. The Kier molecular flexibility index (Phi) is 5.46. The molecule has 0 aliphatic rings. The van der Waals surface area contributed by atoms with Crippen molar-refractivity contribution in [3.05, 3.63) is 42.0 Å². The maximum Gasteiger partial charge on any atom is 0.233 e. The fraction of sp³-hybridized carbons (Fsp3) is 0.333. The number of sulfonamides is 1. The molecule has 2 rings (SSSR count). The summed E-state index contributed by atoms with van der Waals surface area (Å²) in [5.74, 6) is 0.421. The van der Waals surface area contributed by atoms with E-state index in [9.17, 15) is 8.42 Å². The number of rotatable bonds is 7. The van der Waals surface area contributed by atoms with E-state index in [2.05, 4.69) is 14.9 Å². The predicted octanol–water partition coefficient (Wildman–Crippen LogP) is 1.77. The quantitative estimate of drug-likeness (QED) is 0.786. The van der Waals surface area contributed by atoms with Crippen LogP contribution in [0.3, 0.4) is 0 Å². The molecule has 2 aromatic rings. The van der Waals surface area contributed by atoms with Crippen molar-refractivity contribution in [1.29, 1.82) is 0 Å². The molecule has 1 aromatic carbocycles. The minimum Gasteiger partial charge on any atom is -0.475 e. The van der Waals surface area contributed by atoms with Crippen LogP contribution in [0.15, 0.2) is 36.4 Å². The third-order valence-electron chi connectivity index (χ3n) is 3.04. The van der Waals surface area contributed by atoms with Gasteiger partial charge < -0.3 is 4.74 Å². The van der Waals surface area contributed by atoms with Crippen molar-refractivity contribution in [2.45, 2.75) is 13.8 Å². The largest absolute Gasteiger partial charge is 0.475 e. The molecule has 0 fully saturated rings. The van der Waals surface area contributed by atoms with E-state index in [-0.39, 0.29) is 18.9 Å². The Bertz CT molecular complexity index is 698. The molecule has 0 saturated carbocycles. The van der Waals surface area contributed by atoms with Crippen LogP contribution < -0.4 is 9.46 Å². The third kappa shape index (κ3) is 4.78. The van der Waals surface area contributed by atoms with Gasteiger partial charge in [-0.2, -0.15) is 0 Å². The Morgan fingerprint density at radius 3 is 2.41 bits per heavy atom. The number of aromatic nitrogens is 2. The van der Waals surface area contributed by atoms with Gasteiger partial charge in [0.25, 0.3) is 0 Å². The zero-order valence-electron chi connectivity index (χ0n) is 12.6. The van der Waals surface area contributed by atoms with Crippen LogP contribution in [0, 0.1) is 6.92 Å². The first-order valence-electron chi connectivity index (χ1n) is 7.01. The fourth-order valence-electron chi connectivity index (χ4n) is 1.73. The van der Waals surface area contributed by atoms with Gasteiger partial charge in [0.05, 0.1) is 11.4 Å². The van der Waals surface area contributed by atoms with Gasteiger partial charge in [-0.3, -0.25) is 0 Å². The van der Waals surface area contributed by atoms with Crippen molar-refractivity contribution < 1.29 is 13.2 Å². The average molecular weight is 321 g/mol. The van der Waals surface area contributed by atoms with E-state index in [4.69, 9.17) is 4.74 Å². The van der Waals surface area contributed by atoms with E-state index < -0.39 is 10.0 Å². The molecule has 0 unspecified atom stereocenters. The van der Waals surface area contributed by atoms with Crippen molar-refractivity contribution in [2.24, 2.45) is 0 Å². The van der Waals surface area contributed by atoms with E-state index in [1.54, 1.807) is 13.0 Å². The molecule has 1 aromatic heterocycles. The highest BCUT2D eigenvalue weighted by Crippen LogP contribution is 2.18. The minimum atomic E-state index is -3.19. The van der Waals surface area contributed by atoms with Crippen LogP contribution in [0.25, 0.3) is 11.3 Å². The lowest BCUT2D eigenvalue weighted by molar-refractivity contribution is 0.307. The molecule has 6 nitrogen and oxygen atoms in total. The van der Waals surface area contributed by atoms with Crippen molar-refractivity contribution in [2.75, 3.05) is 18.9 Å². The topological polar surface area (TPSA) is 81.2 Å². The van der Waals surface area contributed by atoms with E-state index in [1.807, 2.05) is 37.3 Å². The van der Waals surface area contributed by atoms with Gasteiger partial charge in [-0.05, 0) is 19.9 Å². The molecule has 0 aliphatic heterocycles. The van der Waals surface area contributed by atoms with Crippen molar-refractivity contribution >= 4 is 10.0 Å². The van der Waals surface area contributed by atoms with Crippen molar-refractivity contribution in [3.8, 4) is 17.1 Å². The second kappa shape index (κ2) is 7.33. The molecule has 1 heterocycles. The first kappa shape index (κ1) is 16.4. The van der Waals surface area contributed by atoms with Crippen LogP contribution in [0.4, 0.5) is 0 Å². The second-order valence-corrected chi connectivity index (χ2v) is 6.86. The Hall–Kier alpha value is -1.99. The zero-order chi connectivity index (χ0) is 16.0. The van der Waals surface area contributed by atoms with Crippen LogP contribution in [0.1, 0.15) is 12.5 Å². The standard InChI is InChI=1S/C15H19N3O3S/c1-3-22(19,20)16-10-11-21-15-9-8-14(17-18-15)13-6-4-12(2)5-7-13/h4-9,16H,3,10-11H2,1-2H3. The number of hydrogen-bond acceptors (Lipinski definition) is 5. The molecular formula is C15H19N3O3S. The third-order valence-corrected chi connectivity index (χ3v) is 4.45. The summed E-state index contributed by atoms with van der Waals surface area (Å²) in [4.78, 5) is 0. The van der Waals surface area contributed by atoms with Crippen LogP contribution >= 0.6 is 0 Å². The lowest BCUT2D eigenvalue weighted by atomic mass is 10.1. The molecule has 0 radical (unpaired) electrons. The summed E-state index contributed by atoms with van der Waals surface area (Å²) in [5, 5.41) is 8.09. The van der Waals surface area contributed by atoms with Gasteiger partial charge in [0.15, 0.2) is 0 Å². The Balaban J connectivity index is 1.88. The monoisotopic (exact) mass is 321 g/mol. The lowest BCUT2D eigenvalue weighted by Crippen LogP contribution is -2.29. The average Bonchev–Trinajstić information content (AvgIpc) is 2.53. The lowest BCUT2D eigenvalue weighted by Gasteiger charge is -2.07. The first-order chi connectivity index (χ1) is 10.5. The normalized spacial score (nSPS) is 11.4. The van der Waals surface area contributed by atoms with E-state index in [0.29, 0.717) is 5.88 Å². The molecule has 7 heteroatoms. The molecule has 0 amide bonds. The van der Waals surface area contributed by atoms with Crippen molar-refractivity contribution in [1.82, 2.24) is 14.9 Å². The van der Waals surface area contributed by atoms with Gasteiger partial charge >= 0.3 is 0 Å². The molecule has 0 saturated heterocycles. The number of nitrogens with zero attached hydrogens (tertiary/aromatic N) is 2. The molecule has 0 aliphatic carbocycles. The number of nitrogens with one attached hydrogen (secondary N) is 1. The summed E-state index contributed by atoms with van der Waals surface area (Å²) in [6.07, 6.45) is 0. The summed E-state index contributed by atoms with van der Waals surface area (Å²) < 4.78 is 30.3. The maximum atomic E-state index is 11.2. The van der Waals surface area contributed by atoms with Gasteiger partial charge in [-0.15, -0.1) is 10.2 Å². The van der Waals surface area contributed by atoms with Gasteiger partial charge in [0, 0.05) is 18.2 Å². The molecule has 0 spiro atoms. The van der Waals surface area contributed by atoms with Crippen LogP contribution in [0.5, 0.6) is 5.88 Å². The predicted molar refractivity (Wildman–Crippen MR) is 85.2 cm³/mol. The highest BCUT2D eigenvalue weighted by Gasteiger charge is 2.05. The Morgan fingerprint density at radius 2 is 1.82 bits per heavy atom. The van der Waals surface area contributed by atoms with Crippen molar-refractivity contribution in [3.63, 3.8) is 0 Å². The van der Waals surface area contributed by atoms with E-state index in [1.165, 1.54) is 5.56 Å². The number of aryl methyl sites for hydroxylation is 1. The summed E-state index contributed by atoms with van der Waals surface area (Å²) in [6, 6.07) is 11.5. The summed E-state index contributed by atoms with van der Waals surface area (Å²) in [5.41, 5.74) is 2.94. The van der Waals surface area contributed by atoms with E-state index in [0.717, 1.165) is 11.3 Å². The Labute approximate surface area is 130 Å². The minimum absolute atomic E-state index is 0.0536. The van der Waals surface area contributed by atoms with E-state index >= 15 is 0 Å². The molecule has 22 heavy (non-hydrogen) atoms. The molecule has 0 bridgehead atoms. The fourth-order valence-corrected chi connectivity index (χ4v) is 2.33. The highest BCUT2D eigenvalue weighted by molar-refractivity contribution is 7.89. The van der Waals surface area contributed by atoms with Gasteiger partial charge in [0.1, 0.15) is 6.61 Å². The smallest absolute Gasteiger partial charge is 0.233 e. The highest BCUT2D eigenvalue weighted by atomic mass is 32.2. The molecule has 0 atom stereocenters. The molecule has 1 N–H and O–H groups in total. The Morgan fingerprint density at radius 1 is 1.09 bits per heavy atom. The molecule has 118 valence electrons. The molecular weight excluding hydrogens is 302 g/mol. The SMILES string of the molecule is CCS(=O)(=O)NCCOc1ccc(-c2ccc(C)cc2)nn1. The second-order valence-electron chi connectivity index (χ2n) is 4.77. The maximum absolute atomic E-state index is 11.2. The van der Waals surface area contributed by atoms with Gasteiger partial charge in [-0.1, -0.05) is 29.8 Å². The van der Waals surface area contributed by atoms with Crippen LogP contribution in [-0.2, 0) is 10.0 Å². The number of ether oxygens (including phenoxy) is 1. The van der Waals surface area contributed by atoms with Gasteiger partial charge in [0.2, 0.25) is 15.9 Å². The number of hydrogen-bond donors (Lipinski definition) is 1. The summed E-state index contributed by atoms with van der Waals surface area (Å²) >= 11 is 0. The van der Waals surface area contributed by atoms with Crippen LogP contribution in [0.2, 0.25) is 0 Å². The van der Waals surface area contributed by atoms with Crippen LogP contribution in [-0.4, -0.2) is 37.5 Å². The summed E-state index contributed by atoms with van der Waals surface area (Å²) in [6.45, 7) is 4.02. The van der Waals surface area contributed by atoms with Gasteiger partial charge in [-0.25, -0.2) is 13.1 Å². The number of benzene rings is 1. The zero-order valence-corrected chi connectivity index (χ0v) is 13.4.